The van der Waals surface area contributed by atoms with Gasteiger partial charge in [-0.3, -0.25) is 4.79 Å². The zero-order chi connectivity index (χ0) is 19.3. The number of ether oxygens (including phenoxy) is 1. The molecule has 9 heteroatoms. The molecule has 1 aromatic heterocycles. The molecule has 0 saturated carbocycles. The van der Waals surface area contributed by atoms with Gasteiger partial charge in [-0.05, 0) is 37.3 Å². The number of hydrogen-bond donors (Lipinski definition) is 1. The number of benzene rings is 1. The van der Waals surface area contributed by atoms with Gasteiger partial charge in [-0.1, -0.05) is 12.1 Å². The van der Waals surface area contributed by atoms with Gasteiger partial charge >= 0.3 is 5.97 Å². The van der Waals surface area contributed by atoms with Crippen LogP contribution in [0.3, 0.4) is 0 Å². The fraction of sp³-hybridized carbons (Fsp3) is 0.235. The Bertz CT molecular complexity index is 898. The van der Waals surface area contributed by atoms with Crippen molar-refractivity contribution >= 4 is 27.6 Å². The van der Waals surface area contributed by atoms with Crippen LogP contribution in [0.2, 0.25) is 0 Å². The van der Waals surface area contributed by atoms with E-state index in [9.17, 15) is 18.0 Å². The highest BCUT2D eigenvalue weighted by molar-refractivity contribution is 7.89. The summed E-state index contributed by atoms with van der Waals surface area (Å²) in [6.07, 6.45) is 0.358. The van der Waals surface area contributed by atoms with Gasteiger partial charge in [-0.25, -0.2) is 22.5 Å². The van der Waals surface area contributed by atoms with Crippen molar-refractivity contribution in [3.05, 3.63) is 54.4 Å². The summed E-state index contributed by atoms with van der Waals surface area (Å²) in [5.74, 6) is -1.31. The molecule has 0 spiro atoms. The van der Waals surface area contributed by atoms with E-state index < -0.39 is 28.0 Å². The summed E-state index contributed by atoms with van der Waals surface area (Å²) in [6, 6.07) is 10.6. The number of anilines is 1. The van der Waals surface area contributed by atoms with Gasteiger partial charge in [-0.15, -0.1) is 0 Å². The molecule has 138 valence electrons. The highest BCUT2D eigenvalue weighted by Gasteiger charge is 2.21. The zero-order valence-corrected chi connectivity index (χ0v) is 15.4. The first-order valence-corrected chi connectivity index (χ1v) is 9.11. The fourth-order valence-electron chi connectivity index (χ4n) is 1.95. The Kier molecular flexibility index (Phi) is 6.06. The van der Waals surface area contributed by atoms with Gasteiger partial charge in [0.05, 0.1) is 4.90 Å². The van der Waals surface area contributed by atoms with E-state index in [1.165, 1.54) is 51.5 Å². The summed E-state index contributed by atoms with van der Waals surface area (Å²) < 4.78 is 30.4. The van der Waals surface area contributed by atoms with Crippen LogP contribution in [0.25, 0.3) is 0 Å². The van der Waals surface area contributed by atoms with Gasteiger partial charge in [0, 0.05) is 26.0 Å². The van der Waals surface area contributed by atoms with Crippen LogP contribution in [-0.4, -0.2) is 49.8 Å². The molecule has 0 radical (unpaired) electrons. The average molecular weight is 377 g/mol. The van der Waals surface area contributed by atoms with E-state index in [-0.39, 0.29) is 16.3 Å². The number of amides is 1. The van der Waals surface area contributed by atoms with Crippen molar-refractivity contribution in [2.24, 2.45) is 0 Å². The number of carbonyl (C=O) groups is 2. The molecule has 2 aromatic rings. The quantitative estimate of drug-likeness (QED) is 0.765. The molecule has 8 nitrogen and oxygen atoms in total. The topological polar surface area (TPSA) is 106 Å². The van der Waals surface area contributed by atoms with Crippen molar-refractivity contribution in [2.75, 3.05) is 19.4 Å². The number of esters is 1. The summed E-state index contributed by atoms with van der Waals surface area (Å²) in [7, 11) is -0.789. The molecule has 1 atom stereocenters. The molecule has 26 heavy (non-hydrogen) atoms. The molecule has 0 fully saturated rings. The SMILES string of the molecule is C[C@@H](OC(=O)c1ccccn1)C(=O)Nc1cccc(S(=O)(=O)N(C)C)c1. The van der Waals surface area contributed by atoms with E-state index in [2.05, 4.69) is 10.3 Å². The van der Waals surface area contributed by atoms with E-state index in [1.54, 1.807) is 18.2 Å². The van der Waals surface area contributed by atoms with E-state index in [4.69, 9.17) is 4.74 Å². The number of sulfonamides is 1. The molecular formula is C17H19N3O5S. The summed E-state index contributed by atoms with van der Waals surface area (Å²) in [4.78, 5) is 28.0. The summed E-state index contributed by atoms with van der Waals surface area (Å²) in [5.41, 5.74) is 0.366. The molecule has 0 aliphatic rings. The van der Waals surface area contributed by atoms with Crippen LogP contribution in [0, 0.1) is 0 Å². The smallest absolute Gasteiger partial charge is 0.357 e. The summed E-state index contributed by atoms with van der Waals surface area (Å²) in [5, 5.41) is 2.53. The fourth-order valence-corrected chi connectivity index (χ4v) is 2.90. The Morgan fingerprint density at radius 2 is 1.88 bits per heavy atom. The number of nitrogens with zero attached hydrogens (tertiary/aromatic N) is 2. The second-order valence-electron chi connectivity index (χ2n) is 5.57. The number of rotatable bonds is 6. The Morgan fingerprint density at radius 1 is 1.15 bits per heavy atom. The predicted molar refractivity (Wildman–Crippen MR) is 95.1 cm³/mol. The van der Waals surface area contributed by atoms with Crippen molar-refractivity contribution in [1.82, 2.24) is 9.29 Å². The van der Waals surface area contributed by atoms with Crippen molar-refractivity contribution in [1.29, 1.82) is 0 Å². The first-order valence-electron chi connectivity index (χ1n) is 7.67. The Morgan fingerprint density at radius 3 is 2.50 bits per heavy atom. The third-order valence-electron chi connectivity index (χ3n) is 3.41. The normalized spacial score (nSPS) is 12.5. The number of nitrogens with one attached hydrogen (secondary N) is 1. The molecule has 1 heterocycles. The van der Waals surface area contributed by atoms with Crippen LogP contribution in [0.15, 0.2) is 53.6 Å². The minimum atomic E-state index is -3.62. The van der Waals surface area contributed by atoms with E-state index in [0.717, 1.165) is 4.31 Å². The third kappa shape index (κ3) is 4.64. The lowest BCUT2D eigenvalue weighted by Crippen LogP contribution is -2.30. The Labute approximate surface area is 151 Å². The predicted octanol–water partition coefficient (Wildman–Crippen LogP) is 1.52. The van der Waals surface area contributed by atoms with Crippen molar-refractivity contribution in [3.8, 4) is 0 Å². The van der Waals surface area contributed by atoms with Crippen LogP contribution in [0.5, 0.6) is 0 Å². The molecule has 0 unspecified atom stereocenters. The van der Waals surface area contributed by atoms with E-state index >= 15 is 0 Å². The number of carbonyl (C=O) groups excluding carboxylic acids is 2. The second kappa shape index (κ2) is 8.07. The minimum absolute atomic E-state index is 0.0402. The molecular weight excluding hydrogens is 358 g/mol. The molecule has 1 aromatic carbocycles. The maximum absolute atomic E-state index is 12.2. The van der Waals surface area contributed by atoms with E-state index in [1.807, 2.05) is 0 Å². The van der Waals surface area contributed by atoms with Crippen LogP contribution in [0.4, 0.5) is 5.69 Å². The zero-order valence-electron chi connectivity index (χ0n) is 14.5. The van der Waals surface area contributed by atoms with Gasteiger partial charge in [-0.2, -0.15) is 0 Å². The average Bonchev–Trinajstić information content (AvgIpc) is 2.62. The second-order valence-corrected chi connectivity index (χ2v) is 7.72. The highest BCUT2D eigenvalue weighted by Crippen LogP contribution is 2.18. The van der Waals surface area contributed by atoms with Crippen LogP contribution in [-0.2, 0) is 19.6 Å². The maximum atomic E-state index is 12.2. The highest BCUT2D eigenvalue weighted by atomic mass is 32.2. The van der Waals surface area contributed by atoms with Gasteiger partial charge in [0.15, 0.2) is 6.10 Å². The molecule has 0 aliphatic carbocycles. The molecule has 1 N–H and O–H groups in total. The number of aromatic nitrogens is 1. The monoisotopic (exact) mass is 377 g/mol. The van der Waals surface area contributed by atoms with Crippen molar-refractivity contribution < 1.29 is 22.7 Å². The largest absolute Gasteiger partial charge is 0.448 e. The van der Waals surface area contributed by atoms with Crippen molar-refractivity contribution in [3.63, 3.8) is 0 Å². The van der Waals surface area contributed by atoms with Crippen LogP contribution >= 0.6 is 0 Å². The lowest BCUT2D eigenvalue weighted by Gasteiger charge is -2.15. The Balaban J connectivity index is 2.06. The summed E-state index contributed by atoms with van der Waals surface area (Å²) in [6.45, 7) is 1.41. The first-order chi connectivity index (χ1) is 12.2. The number of hydrogen-bond acceptors (Lipinski definition) is 6. The number of pyridine rings is 1. The molecule has 0 bridgehead atoms. The maximum Gasteiger partial charge on any atom is 0.357 e. The molecule has 1 amide bonds. The molecule has 2 rings (SSSR count). The lowest BCUT2D eigenvalue weighted by molar-refractivity contribution is -0.123. The van der Waals surface area contributed by atoms with Gasteiger partial charge in [0.25, 0.3) is 5.91 Å². The molecule has 0 saturated heterocycles. The third-order valence-corrected chi connectivity index (χ3v) is 5.22. The van der Waals surface area contributed by atoms with Gasteiger partial charge in [0.1, 0.15) is 5.69 Å². The Hall–Kier alpha value is -2.78. The molecule has 0 aliphatic heterocycles. The standard InChI is InChI=1S/C17H19N3O5S/c1-12(25-17(22)15-9-4-5-10-18-15)16(21)19-13-7-6-8-14(11-13)26(23,24)20(2)3/h4-12H,1-3H3,(H,19,21)/t12-/m1/s1. The van der Waals surface area contributed by atoms with Crippen molar-refractivity contribution in [2.45, 2.75) is 17.9 Å². The first kappa shape index (κ1) is 19.5. The minimum Gasteiger partial charge on any atom is -0.448 e. The van der Waals surface area contributed by atoms with Gasteiger partial charge in [0.2, 0.25) is 10.0 Å². The van der Waals surface area contributed by atoms with Crippen LogP contribution < -0.4 is 5.32 Å². The summed E-state index contributed by atoms with van der Waals surface area (Å²) >= 11 is 0. The van der Waals surface area contributed by atoms with Gasteiger partial charge < -0.3 is 10.1 Å². The van der Waals surface area contributed by atoms with E-state index in [0.29, 0.717) is 0 Å². The van der Waals surface area contributed by atoms with Crippen LogP contribution in [0.1, 0.15) is 17.4 Å². The lowest BCUT2D eigenvalue weighted by atomic mass is 10.3.